The molecule has 1 N–H and O–H groups in total. The fourth-order valence-corrected chi connectivity index (χ4v) is 2.78. The van der Waals surface area contributed by atoms with E-state index >= 15 is 0 Å². The molecule has 0 unspecified atom stereocenters. The summed E-state index contributed by atoms with van der Waals surface area (Å²) in [6.45, 7) is 5.26. The summed E-state index contributed by atoms with van der Waals surface area (Å²) >= 11 is 2.14. The zero-order chi connectivity index (χ0) is 14.2. The third-order valence-electron chi connectivity index (χ3n) is 2.63. The molecule has 0 saturated carbocycles. The summed E-state index contributed by atoms with van der Waals surface area (Å²) in [6, 6.07) is 7.54. The van der Waals surface area contributed by atoms with Crippen LogP contribution in [0.4, 0.5) is 4.79 Å². The highest BCUT2D eigenvalue weighted by Gasteiger charge is 2.24. The number of ether oxygens (including phenoxy) is 1. The van der Waals surface area contributed by atoms with E-state index in [9.17, 15) is 9.90 Å². The zero-order valence-corrected chi connectivity index (χ0v) is 13.3. The van der Waals surface area contributed by atoms with Gasteiger partial charge in [0, 0.05) is 8.96 Å². The van der Waals surface area contributed by atoms with E-state index in [-0.39, 0.29) is 6.61 Å². The van der Waals surface area contributed by atoms with E-state index in [0.717, 1.165) is 14.5 Å². The van der Waals surface area contributed by atoms with Gasteiger partial charge in [0.25, 0.3) is 0 Å². The Hall–Kier alpha value is -1.08. The first kappa shape index (κ1) is 14.3. The smallest absolute Gasteiger partial charge is 0.419 e. The highest BCUT2D eigenvalue weighted by atomic mass is 127. The fraction of sp³-hybridized carbons (Fsp3) is 0.357. The monoisotopic (exact) mass is 373 g/mol. The lowest BCUT2D eigenvalue weighted by molar-refractivity contribution is 0.0533. The number of hydrogen-bond acceptors (Lipinski definition) is 3. The molecule has 5 heteroatoms. The van der Waals surface area contributed by atoms with Crippen LogP contribution in [0.25, 0.3) is 10.9 Å². The SMILES string of the molecule is CC(C)(C)OC(=O)n1c(CO)c(I)c2ccccc21. The number of carbonyl (C=O) groups is 1. The van der Waals surface area contributed by atoms with Gasteiger partial charge in [0.05, 0.1) is 17.8 Å². The number of fused-ring (bicyclic) bond motifs is 1. The number of para-hydroxylation sites is 1. The third-order valence-corrected chi connectivity index (χ3v) is 3.83. The lowest BCUT2D eigenvalue weighted by Crippen LogP contribution is -2.28. The maximum absolute atomic E-state index is 12.3. The Balaban J connectivity index is 2.62. The molecule has 0 aliphatic carbocycles. The van der Waals surface area contributed by atoms with Crippen molar-refractivity contribution in [1.29, 1.82) is 0 Å². The number of hydrogen-bond donors (Lipinski definition) is 1. The molecule has 0 atom stereocenters. The Kier molecular flexibility index (Phi) is 3.87. The maximum atomic E-state index is 12.3. The predicted molar refractivity (Wildman–Crippen MR) is 82.2 cm³/mol. The first-order valence-corrected chi connectivity index (χ1v) is 7.05. The quantitative estimate of drug-likeness (QED) is 0.779. The van der Waals surface area contributed by atoms with E-state index in [2.05, 4.69) is 22.6 Å². The van der Waals surface area contributed by atoms with Crippen LogP contribution in [0.5, 0.6) is 0 Å². The van der Waals surface area contributed by atoms with Crippen LogP contribution < -0.4 is 0 Å². The second kappa shape index (κ2) is 5.13. The largest absolute Gasteiger partial charge is 0.443 e. The molecule has 0 aliphatic rings. The predicted octanol–water partition coefficient (Wildman–Crippen LogP) is 3.52. The van der Waals surface area contributed by atoms with E-state index in [1.54, 1.807) is 0 Å². The molecule has 4 nitrogen and oxygen atoms in total. The van der Waals surface area contributed by atoms with E-state index in [1.807, 2.05) is 45.0 Å². The summed E-state index contributed by atoms with van der Waals surface area (Å²) in [5, 5.41) is 10.5. The molecule has 0 fully saturated rings. The Morgan fingerprint density at radius 3 is 2.58 bits per heavy atom. The number of aromatic nitrogens is 1. The minimum absolute atomic E-state index is 0.202. The molecular weight excluding hydrogens is 357 g/mol. The summed E-state index contributed by atoms with van der Waals surface area (Å²) < 4.78 is 7.72. The van der Waals surface area contributed by atoms with Crippen molar-refractivity contribution in [1.82, 2.24) is 4.57 Å². The number of rotatable bonds is 1. The number of carbonyl (C=O) groups excluding carboxylic acids is 1. The zero-order valence-electron chi connectivity index (χ0n) is 11.1. The average molecular weight is 373 g/mol. The molecule has 0 saturated heterocycles. The van der Waals surface area contributed by atoms with Gasteiger partial charge in [0.2, 0.25) is 0 Å². The van der Waals surface area contributed by atoms with Crippen molar-refractivity contribution in [2.24, 2.45) is 0 Å². The highest BCUT2D eigenvalue weighted by molar-refractivity contribution is 14.1. The molecule has 1 aromatic heterocycles. The Bertz CT molecular complexity index is 625. The molecule has 0 amide bonds. The van der Waals surface area contributed by atoms with Crippen LogP contribution in [0.1, 0.15) is 26.5 Å². The minimum Gasteiger partial charge on any atom is -0.443 e. The fourth-order valence-electron chi connectivity index (χ4n) is 1.91. The number of nitrogens with zero attached hydrogens (tertiary/aromatic N) is 1. The van der Waals surface area contributed by atoms with Gasteiger partial charge in [-0.1, -0.05) is 18.2 Å². The Morgan fingerprint density at radius 1 is 1.37 bits per heavy atom. The summed E-state index contributed by atoms with van der Waals surface area (Å²) in [7, 11) is 0. The third kappa shape index (κ3) is 2.76. The standard InChI is InChI=1S/C14H16INO3/c1-14(2,3)19-13(18)16-10-7-5-4-6-9(10)12(15)11(16)8-17/h4-7,17H,8H2,1-3H3. The van der Waals surface area contributed by atoms with E-state index in [0.29, 0.717) is 5.69 Å². The Labute approximate surface area is 125 Å². The van der Waals surface area contributed by atoms with Gasteiger partial charge in [-0.2, -0.15) is 0 Å². The van der Waals surface area contributed by atoms with Crippen molar-refractivity contribution >= 4 is 39.6 Å². The molecule has 0 bridgehead atoms. The summed E-state index contributed by atoms with van der Waals surface area (Å²) in [4.78, 5) is 12.3. The molecule has 102 valence electrons. The van der Waals surface area contributed by atoms with Crippen LogP contribution in [0.3, 0.4) is 0 Å². The van der Waals surface area contributed by atoms with Crippen LogP contribution in [-0.4, -0.2) is 21.4 Å². The van der Waals surface area contributed by atoms with E-state index in [4.69, 9.17) is 4.74 Å². The minimum atomic E-state index is -0.569. The molecule has 0 radical (unpaired) electrons. The second-order valence-electron chi connectivity index (χ2n) is 5.25. The first-order valence-electron chi connectivity index (χ1n) is 5.97. The molecule has 19 heavy (non-hydrogen) atoms. The van der Waals surface area contributed by atoms with Crippen molar-refractivity contribution in [3.8, 4) is 0 Å². The lowest BCUT2D eigenvalue weighted by Gasteiger charge is -2.20. The van der Waals surface area contributed by atoms with Crippen LogP contribution in [0.2, 0.25) is 0 Å². The molecule has 1 aromatic carbocycles. The molecule has 2 aromatic rings. The first-order chi connectivity index (χ1) is 8.85. The molecule has 0 aliphatic heterocycles. The van der Waals surface area contributed by atoms with Gasteiger partial charge in [-0.3, -0.25) is 0 Å². The van der Waals surface area contributed by atoms with Crippen molar-refractivity contribution in [2.75, 3.05) is 0 Å². The number of halogens is 1. The van der Waals surface area contributed by atoms with Gasteiger partial charge >= 0.3 is 6.09 Å². The van der Waals surface area contributed by atoms with Gasteiger partial charge in [0.1, 0.15) is 5.60 Å². The molecule has 0 spiro atoms. The normalized spacial score (nSPS) is 11.8. The number of benzene rings is 1. The van der Waals surface area contributed by atoms with Crippen molar-refractivity contribution < 1.29 is 14.6 Å². The summed E-state index contributed by atoms with van der Waals surface area (Å²) in [6.07, 6.45) is -0.462. The average Bonchev–Trinajstić information content (AvgIpc) is 2.60. The Morgan fingerprint density at radius 2 is 2.00 bits per heavy atom. The molecule has 1 heterocycles. The van der Waals surface area contributed by atoms with Gasteiger partial charge < -0.3 is 9.84 Å². The summed E-state index contributed by atoms with van der Waals surface area (Å²) in [5.41, 5.74) is 0.752. The summed E-state index contributed by atoms with van der Waals surface area (Å²) in [5.74, 6) is 0. The van der Waals surface area contributed by atoms with Crippen LogP contribution >= 0.6 is 22.6 Å². The highest BCUT2D eigenvalue weighted by Crippen LogP contribution is 2.28. The van der Waals surface area contributed by atoms with Crippen LogP contribution in [0.15, 0.2) is 24.3 Å². The van der Waals surface area contributed by atoms with Crippen molar-refractivity contribution in [3.05, 3.63) is 33.5 Å². The topological polar surface area (TPSA) is 51.5 Å². The van der Waals surface area contributed by atoms with Gasteiger partial charge in [-0.05, 0) is 49.4 Å². The maximum Gasteiger partial charge on any atom is 0.419 e. The van der Waals surface area contributed by atoms with Gasteiger partial charge in [-0.25, -0.2) is 9.36 Å². The van der Waals surface area contributed by atoms with E-state index < -0.39 is 11.7 Å². The lowest BCUT2D eigenvalue weighted by atomic mass is 10.2. The number of aliphatic hydroxyl groups is 1. The molecular formula is C14H16INO3. The van der Waals surface area contributed by atoms with Crippen LogP contribution in [-0.2, 0) is 11.3 Å². The van der Waals surface area contributed by atoms with Gasteiger partial charge in [-0.15, -0.1) is 0 Å². The molecule has 2 rings (SSSR count). The second-order valence-corrected chi connectivity index (χ2v) is 6.33. The van der Waals surface area contributed by atoms with Crippen LogP contribution in [0, 0.1) is 3.57 Å². The van der Waals surface area contributed by atoms with Crippen molar-refractivity contribution in [3.63, 3.8) is 0 Å². The van der Waals surface area contributed by atoms with Crippen molar-refractivity contribution in [2.45, 2.75) is 33.0 Å². The number of aliphatic hydroxyl groups excluding tert-OH is 1. The van der Waals surface area contributed by atoms with Gasteiger partial charge in [0.15, 0.2) is 0 Å². The van der Waals surface area contributed by atoms with E-state index in [1.165, 1.54) is 4.57 Å².